The van der Waals surface area contributed by atoms with Crippen LogP contribution in [0.5, 0.6) is 0 Å². The number of aryl methyl sites for hydroxylation is 1. The summed E-state index contributed by atoms with van der Waals surface area (Å²) in [5.74, 6) is 0.194. The molecule has 1 aliphatic rings. The van der Waals surface area contributed by atoms with Crippen molar-refractivity contribution in [3.8, 4) is 0 Å². The highest BCUT2D eigenvalue weighted by Gasteiger charge is 2.31. The molecule has 1 aromatic heterocycles. The number of nitrogens with one attached hydrogen (secondary N) is 1. The monoisotopic (exact) mass is 305 g/mol. The summed E-state index contributed by atoms with van der Waals surface area (Å²) in [4.78, 5) is 0.368. The zero-order valence-corrected chi connectivity index (χ0v) is 12.8. The van der Waals surface area contributed by atoms with Gasteiger partial charge in [0.2, 0.25) is 10.0 Å². The SMILES string of the molecule is Cc1cn[nH]c1C1CCCN(S(=O)(=O)c2ccccc2)C1. The van der Waals surface area contributed by atoms with Crippen LogP contribution in [0, 0.1) is 6.92 Å². The fourth-order valence-corrected chi connectivity index (χ4v) is 4.45. The maximum absolute atomic E-state index is 12.7. The molecule has 0 amide bonds. The van der Waals surface area contributed by atoms with E-state index in [1.165, 1.54) is 0 Å². The lowest BCUT2D eigenvalue weighted by Gasteiger charge is -2.31. The third kappa shape index (κ3) is 2.73. The van der Waals surface area contributed by atoms with Crippen molar-refractivity contribution in [1.29, 1.82) is 0 Å². The highest BCUT2D eigenvalue weighted by molar-refractivity contribution is 7.89. The summed E-state index contributed by atoms with van der Waals surface area (Å²) in [6.45, 7) is 3.10. The topological polar surface area (TPSA) is 66.1 Å². The van der Waals surface area contributed by atoms with E-state index in [1.54, 1.807) is 34.8 Å². The number of aromatic nitrogens is 2. The lowest BCUT2D eigenvalue weighted by molar-refractivity contribution is 0.312. The van der Waals surface area contributed by atoms with E-state index in [4.69, 9.17) is 0 Å². The summed E-state index contributed by atoms with van der Waals surface area (Å²) in [5, 5.41) is 7.06. The molecule has 5 nitrogen and oxygen atoms in total. The number of hydrogen-bond donors (Lipinski definition) is 1. The predicted molar refractivity (Wildman–Crippen MR) is 80.5 cm³/mol. The molecule has 3 rings (SSSR count). The minimum absolute atomic E-state index is 0.194. The molecule has 1 atom stereocenters. The first kappa shape index (κ1) is 14.3. The normalized spacial score (nSPS) is 20.5. The van der Waals surface area contributed by atoms with Crippen LogP contribution < -0.4 is 0 Å². The quantitative estimate of drug-likeness (QED) is 0.946. The van der Waals surface area contributed by atoms with E-state index in [9.17, 15) is 8.42 Å². The molecule has 1 saturated heterocycles. The lowest BCUT2D eigenvalue weighted by Crippen LogP contribution is -2.39. The third-order valence-electron chi connectivity index (χ3n) is 4.04. The van der Waals surface area contributed by atoms with Gasteiger partial charge in [-0.3, -0.25) is 5.10 Å². The molecule has 1 aliphatic heterocycles. The van der Waals surface area contributed by atoms with Gasteiger partial charge in [0, 0.05) is 24.7 Å². The Kier molecular flexibility index (Phi) is 3.82. The summed E-state index contributed by atoms with van der Waals surface area (Å²) in [6.07, 6.45) is 3.65. The van der Waals surface area contributed by atoms with E-state index in [0.717, 1.165) is 24.1 Å². The minimum atomic E-state index is -3.40. The number of nitrogens with zero attached hydrogens (tertiary/aromatic N) is 2. The Labute approximate surface area is 125 Å². The first-order valence-electron chi connectivity index (χ1n) is 7.14. The zero-order chi connectivity index (χ0) is 14.9. The van der Waals surface area contributed by atoms with Crippen LogP contribution in [-0.4, -0.2) is 36.0 Å². The first-order valence-corrected chi connectivity index (χ1v) is 8.58. The van der Waals surface area contributed by atoms with E-state index in [2.05, 4.69) is 10.2 Å². The zero-order valence-electron chi connectivity index (χ0n) is 12.0. The lowest BCUT2D eigenvalue weighted by atomic mass is 9.94. The van der Waals surface area contributed by atoms with Crippen LogP contribution in [0.1, 0.15) is 30.0 Å². The Bertz CT molecular complexity index is 710. The van der Waals surface area contributed by atoms with Gasteiger partial charge in [-0.2, -0.15) is 9.40 Å². The Hall–Kier alpha value is -1.66. The van der Waals surface area contributed by atoms with Crippen LogP contribution in [-0.2, 0) is 10.0 Å². The molecule has 2 aromatic rings. The number of aromatic amines is 1. The Balaban J connectivity index is 1.85. The number of H-pyrrole nitrogens is 1. The van der Waals surface area contributed by atoms with E-state index in [0.29, 0.717) is 18.0 Å². The van der Waals surface area contributed by atoms with Gasteiger partial charge in [0.05, 0.1) is 11.1 Å². The largest absolute Gasteiger partial charge is 0.282 e. The minimum Gasteiger partial charge on any atom is -0.282 e. The number of benzene rings is 1. The molecule has 0 radical (unpaired) electrons. The van der Waals surface area contributed by atoms with Crippen LogP contribution in [0.25, 0.3) is 0 Å². The van der Waals surface area contributed by atoms with Crippen LogP contribution in [0.3, 0.4) is 0 Å². The highest BCUT2D eigenvalue weighted by atomic mass is 32.2. The van der Waals surface area contributed by atoms with Gasteiger partial charge in [0.25, 0.3) is 0 Å². The standard InChI is InChI=1S/C15H19N3O2S/c1-12-10-16-17-15(12)13-6-5-9-18(11-13)21(19,20)14-7-3-2-4-8-14/h2-4,7-8,10,13H,5-6,9,11H2,1H3,(H,16,17). The molecule has 2 heterocycles. The van der Waals surface area contributed by atoms with Gasteiger partial charge in [0.1, 0.15) is 0 Å². The predicted octanol–water partition coefficient (Wildman–Crippen LogP) is 2.29. The van der Waals surface area contributed by atoms with Gasteiger partial charge >= 0.3 is 0 Å². The van der Waals surface area contributed by atoms with Crippen molar-refractivity contribution in [1.82, 2.24) is 14.5 Å². The van der Waals surface area contributed by atoms with Crippen LogP contribution in [0.2, 0.25) is 0 Å². The van der Waals surface area contributed by atoms with Crippen molar-refractivity contribution < 1.29 is 8.42 Å². The second kappa shape index (κ2) is 5.61. The number of sulfonamides is 1. The molecule has 0 spiro atoms. The smallest absolute Gasteiger partial charge is 0.243 e. The molecule has 0 bridgehead atoms. The molecule has 21 heavy (non-hydrogen) atoms. The molecular weight excluding hydrogens is 286 g/mol. The first-order chi connectivity index (χ1) is 10.1. The van der Waals surface area contributed by atoms with E-state index < -0.39 is 10.0 Å². The summed E-state index contributed by atoms with van der Waals surface area (Å²) < 4.78 is 27.0. The molecule has 0 aliphatic carbocycles. The van der Waals surface area contributed by atoms with Crippen LogP contribution >= 0.6 is 0 Å². The number of rotatable bonds is 3. The molecule has 1 aromatic carbocycles. The third-order valence-corrected chi connectivity index (χ3v) is 5.92. The fourth-order valence-electron chi connectivity index (χ4n) is 2.91. The van der Waals surface area contributed by atoms with E-state index in [1.807, 2.05) is 13.0 Å². The molecule has 0 saturated carbocycles. The summed E-state index contributed by atoms with van der Waals surface area (Å²) in [5.41, 5.74) is 2.15. The van der Waals surface area contributed by atoms with Gasteiger partial charge in [-0.1, -0.05) is 18.2 Å². The van der Waals surface area contributed by atoms with Crippen molar-refractivity contribution in [3.63, 3.8) is 0 Å². The molecule has 112 valence electrons. The van der Waals surface area contributed by atoms with Crippen molar-refractivity contribution in [3.05, 3.63) is 47.8 Å². The molecule has 6 heteroatoms. The average Bonchev–Trinajstić information content (AvgIpc) is 2.94. The van der Waals surface area contributed by atoms with Gasteiger partial charge in [-0.25, -0.2) is 8.42 Å². The summed E-state index contributed by atoms with van der Waals surface area (Å²) >= 11 is 0. The highest BCUT2D eigenvalue weighted by Crippen LogP contribution is 2.30. The van der Waals surface area contributed by atoms with Crippen molar-refractivity contribution >= 4 is 10.0 Å². The van der Waals surface area contributed by atoms with Crippen molar-refractivity contribution in [2.45, 2.75) is 30.6 Å². The van der Waals surface area contributed by atoms with Gasteiger partial charge in [0.15, 0.2) is 0 Å². The molecule has 1 N–H and O–H groups in total. The number of piperidine rings is 1. The maximum atomic E-state index is 12.7. The van der Waals surface area contributed by atoms with Crippen LogP contribution in [0.15, 0.2) is 41.4 Å². The second-order valence-electron chi connectivity index (χ2n) is 5.48. The molecular formula is C15H19N3O2S. The maximum Gasteiger partial charge on any atom is 0.243 e. The molecule has 1 unspecified atom stereocenters. The fraction of sp³-hybridized carbons (Fsp3) is 0.400. The summed E-state index contributed by atoms with van der Waals surface area (Å²) in [6, 6.07) is 8.65. The Morgan fingerprint density at radius 2 is 2.05 bits per heavy atom. The van der Waals surface area contributed by atoms with Crippen LogP contribution in [0.4, 0.5) is 0 Å². The van der Waals surface area contributed by atoms with Gasteiger partial charge < -0.3 is 0 Å². The molecule has 1 fully saturated rings. The Morgan fingerprint density at radius 1 is 1.29 bits per heavy atom. The second-order valence-corrected chi connectivity index (χ2v) is 7.42. The van der Waals surface area contributed by atoms with Gasteiger partial charge in [-0.05, 0) is 37.5 Å². The average molecular weight is 305 g/mol. The Morgan fingerprint density at radius 3 is 2.71 bits per heavy atom. The van der Waals surface area contributed by atoms with Crippen molar-refractivity contribution in [2.75, 3.05) is 13.1 Å². The van der Waals surface area contributed by atoms with E-state index in [-0.39, 0.29) is 5.92 Å². The van der Waals surface area contributed by atoms with E-state index >= 15 is 0 Å². The number of hydrogen-bond acceptors (Lipinski definition) is 3. The van der Waals surface area contributed by atoms with Gasteiger partial charge in [-0.15, -0.1) is 0 Å². The van der Waals surface area contributed by atoms with Crippen molar-refractivity contribution in [2.24, 2.45) is 0 Å². The summed E-state index contributed by atoms with van der Waals surface area (Å²) in [7, 11) is -3.40.